The lowest BCUT2D eigenvalue weighted by Crippen LogP contribution is -2.06. The van der Waals surface area contributed by atoms with Gasteiger partial charge in [-0.3, -0.25) is 0 Å². The molecule has 0 atom stereocenters. The maximum atomic E-state index is 5.70. The van der Waals surface area contributed by atoms with Gasteiger partial charge < -0.3 is 5.73 Å². The number of rotatable bonds is 4. The molecule has 3 aromatic rings. The fourth-order valence-electron chi connectivity index (χ4n) is 2.32. The van der Waals surface area contributed by atoms with Gasteiger partial charge in [0.05, 0.1) is 5.69 Å². The number of hydrogen-bond donors (Lipinski definition) is 1. The Morgan fingerprint density at radius 3 is 1.91 bits per heavy atom. The third-order valence-electron chi connectivity index (χ3n) is 3.36. The van der Waals surface area contributed by atoms with Crippen LogP contribution in [-0.4, -0.2) is 16.5 Å². The zero-order valence-corrected chi connectivity index (χ0v) is 16.0. The van der Waals surface area contributed by atoms with Crippen molar-refractivity contribution in [1.82, 2.24) is 9.97 Å². The van der Waals surface area contributed by atoms with Gasteiger partial charge in [-0.25, -0.2) is 9.97 Å². The van der Waals surface area contributed by atoms with E-state index in [0.29, 0.717) is 6.54 Å². The summed E-state index contributed by atoms with van der Waals surface area (Å²) in [6.07, 6.45) is 2.67. The van der Waals surface area contributed by atoms with E-state index in [0.717, 1.165) is 34.6 Å². The summed E-state index contributed by atoms with van der Waals surface area (Å²) in [6, 6.07) is 20.2. The lowest BCUT2D eigenvalue weighted by Gasteiger charge is -2.10. The molecule has 1 aromatic heterocycles. The first-order valence-corrected chi connectivity index (χ1v) is 7.05. The Kier molecular flexibility index (Phi) is 8.09. The minimum atomic E-state index is 0. The third kappa shape index (κ3) is 4.70. The molecular formula is C18H19Br2N3. The van der Waals surface area contributed by atoms with Crippen molar-refractivity contribution in [3.05, 3.63) is 72.4 Å². The van der Waals surface area contributed by atoms with Crippen LogP contribution < -0.4 is 5.73 Å². The summed E-state index contributed by atoms with van der Waals surface area (Å²) >= 11 is 0. The van der Waals surface area contributed by atoms with Crippen LogP contribution in [0.25, 0.3) is 22.6 Å². The Morgan fingerprint density at radius 2 is 1.35 bits per heavy atom. The maximum absolute atomic E-state index is 5.70. The van der Waals surface area contributed by atoms with Crippen LogP contribution in [0.2, 0.25) is 0 Å². The van der Waals surface area contributed by atoms with E-state index in [1.807, 2.05) is 54.7 Å². The largest absolute Gasteiger partial charge is 0.330 e. The molecule has 0 aliphatic carbocycles. The number of nitrogens with two attached hydrogens (primary N) is 1. The van der Waals surface area contributed by atoms with Crippen LogP contribution in [0.5, 0.6) is 0 Å². The zero-order valence-electron chi connectivity index (χ0n) is 12.6. The molecule has 0 saturated heterocycles. The van der Waals surface area contributed by atoms with Gasteiger partial charge in [-0.15, -0.1) is 34.0 Å². The Balaban J connectivity index is 0.00000132. The van der Waals surface area contributed by atoms with Crippen LogP contribution in [0.4, 0.5) is 0 Å². The highest BCUT2D eigenvalue weighted by Crippen LogP contribution is 2.24. The van der Waals surface area contributed by atoms with E-state index in [9.17, 15) is 0 Å². The van der Waals surface area contributed by atoms with E-state index in [-0.39, 0.29) is 34.0 Å². The minimum absolute atomic E-state index is 0. The number of benzene rings is 2. The lowest BCUT2D eigenvalue weighted by atomic mass is 10.0. The van der Waals surface area contributed by atoms with E-state index in [1.54, 1.807) is 0 Å². The van der Waals surface area contributed by atoms with Gasteiger partial charge in [0, 0.05) is 17.3 Å². The Hall–Kier alpha value is -1.56. The first-order chi connectivity index (χ1) is 10.4. The molecule has 0 radical (unpaired) electrons. The van der Waals surface area contributed by atoms with Gasteiger partial charge in [0.2, 0.25) is 0 Å². The standard InChI is InChI=1S/C18H17N3.2BrH/c19-12-11-16-13-20-18(15-9-5-2-6-10-15)21-17(16)14-7-3-1-4-8-14;;/h1-10,13H,11-12,19H2;2*1H. The molecule has 120 valence electrons. The van der Waals surface area contributed by atoms with E-state index >= 15 is 0 Å². The fourth-order valence-corrected chi connectivity index (χ4v) is 2.32. The van der Waals surface area contributed by atoms with E-state index < -0.39 is 0 Å². The van der Waals surface area contributed by atoms with Crippen molar-refractivity contribution in [2.24, 2.45) is 5.73 Å². The van der Waals surface area contributed by atoms with Crippen molar-refractivity contribution in [1.29, 1.82) is 0 Å². The predicted molar refractivity (Wildman–Crippen MR) is 106 cm³/mol. The second-order valence-corrected chi connectivity index (χ2v) is 4.84. The van der Waals surface area contributed by atoms with Crippen molar-refractivity contribution in [3.8, 4) is 22.6 Å². The first kappa shape index (κ1) is 19.5. The average molecular weight is 437 g/mol. The molecule has 3 nitrogen and oxygen atoms in total. The highest BCUT2D eigenvalue weighted by molar-refractivity contribution is 8.93. The van der Waals surface area contributed by atoms with Crippen LogP contribution >= 0.6 is 34.0 Å². The zero-order chi connectivity index (χ0) is 14.5. The van der Waals surface area contributed by atoms with Crippen LogP contribution in [0, 0.1) is 0 Å². The first-order valence-electron chi connectivity index (χ1n) is 7.05. The molecule has 0 amide bonds. The van der Waals surface area contributed by atoms with E-state index in [4.69, 9.17) is 10.7 Å². The van der Waals surface area contributed by atoms with E-state index in [1.165, 1.54) is 0 Å². The molecule has 0 spiro atoms. The monoisotopic (exact) mass is 435 g/mol. The van der Waals surface area contributed by atoms with Crippen molar-refractivity contribution in [3.63, 3.8) is 0 Å². The molecular weight excluding hydrogens is 418 g/mol. The maximum Gasteiger partial charge on any atom is 0.159 e. The van der Waals surface area contributed by atoms with E-state index in [2.05, 4.69) is 17.1 Å². The topological polar surface area (TPSA) is 51.8 Å². The van der Waals surface area contributed by atoms with Crippen LogP contribution in [0.1, 0.15) is 5.56 Å². The summed E-state index contributed by atoms with van der Waals surface area (Å²) in [7, 11) is 0. The molecule has 0 aliphatic rings. The summed E-state index contributed by atoms with van der Waals surface area (Å²) in [4.78, 5) is 9.25. The van der Waals surface area contributed by atoms with Gasteiger partial charge in [-0.05, 0) is 18.5 Å². The van der Waals surface area contributed by atoms with Crippen molar-refractivity contribution in [2.45, 2.75) is 6.42 Å². The van der Waals surface area contributed by atoms with Crippen LogP contribution in [-0.2, 0) is 6.42 Å². The molecule has 23 heavy (non-hydrogen) atoms. The third-order valence-corrected chi connectivity index (χ3v) is 3.36. The van der Waals surface area contributed by atoms with Gasteiger partial charge in [-0.1, -0.05) is 60.7 Å². The quantitative estimate of drug-likeness (QED) is 0.656. The minimum Gasteiger partial charge on any atom is -0.330 e. The fraction of sp³-hybridized carbons (Fsp3) is 0.111. The summed E-state index contributed by atoms with van der Waals surface area (Å²) in [5, 5.41) is 0. The van der Waals surface area contributed by atoms with Gasteiger partial charge >= 0.3 is 0 Å². The highest BCUT2D eigenvalue weighted by Gasteiger charge is 2.10. The molecule has 5 heteroatoms. The highest BCUT2D eigenvalue weighted by atomic mass is 79.9. The summed E-state index contributed by atoms with van der Waals surface area (Å²) in [5.74, 6) is 0.746. The Morgan fingerprint density at radius 1 is 0.783 bits per heavy atom. The molecule has 0 bridgehead atoms. The summed E-state index contributed by atoms with van der Waals surface area (Å²) in [5.41, 5.74) is 9.88. The number of aromatic nitrogens is 2. The molecule has 2 aromatic carbocycles. The SMILES string of the molecule is Br.Br.NCCc1cnc(-c2ccccc2)nc1-c1ccccc1. The summed E-state index contributed by atoms with van der Waals surface area (Å²) < 4.78 is 0. The second kappa shape index (κ2) is 9.55. The average Bonchev–Trinajstić information content (AvgIpc) is 2.57. The van der Waals surface area contributed by atoms with Gasteiger partial charge in [0.15, 0.2) is 5.82 Å². The normalized spacial score (nSPS) is 9.61. The van der Waals surface area contributed by atoms with Crippen molar-refractivity contribution < 1.29 is 0 Å². The van der Waals surface area contributed by atoms with Crippen LogP contribution in [0.3, 0.4) is 0 Å². The van der Waals surface area contributed by atoms with Crippen LogP contribution in [0.15, 0.2) is 66.9 Å². The van der Waals surface area contributed by atoms with Gasteiger partial charge in [0.1, 0.15) is 0 Å². The lowest BCUT2D eigenvalue weighted by molar-refractivity contribution is 0.947. The van der Waals surface area contributed by atoms with Crippen molar-refractivity contribution in [2.75, 3.05) is 6.54 Å². The molecule has 0 unspecified atom stereocenters. The number of halogens is 2. The molecule has 0 aliphatic heterocycles. The summed E-state index contributed by atoms with van der Waals surface area (Å²) in [6.45, 7) is 0.591. The van der Waals surface area contributed by atoms with Gasteiger partial charge in [0.25, 0.3) is 0 Å². The predicted octanol–water partition coefficient (Wildman–Crippen LogP) is 4.47. The second-order valence-electron chi connectivity index (χ2n) is 4.84. The smallest absolute Gasteiger partial charge is 0.159 e. The molecule has 0 fully saturated rings. The van der Waals surface area contributed by atoms with Gasteiger partial charge in [-0.2, -0.15) is 0 Å². The van der Waals surface area contributed by atoms with Crippen molar-refractivity contribution >= 4 is 34.0 Å². The Labute approximate surface area is 157 Å². The molecule has 2 N–H and O–H groups in total. The molecule has 1 heterocycles. The molecule has 0 saturated carbocycles. The number of nitrogens with zero attached hydrogens (tertiary/aromatic N) is 2. The number of hydrogen-bond acceptors (Lipinski definition) is 3. The Bertz CT molecular complexity index is 719. The molecule has 3 rings (SSSR count).